The molecule has 0 saturated heterocycles. The van der Waals surface area contributed by atoms with Crippen molar-refractivity contribution in [2.45, 2.75) is 19.3 Å². The summed E-state index contributed by atoms with van der Waals surface area (Å²) in [6.45, 7) is 4.62. The van der Waals surface area contributed by atoms with Crippen LogP contribution in [0, 0.1) is 0 Å². The first-order valence-electron chi connectivity index (χ1n) is 16.9. The Morgan fingerprint density at radius 1 is 0.367 bits per heavy atom. The van der Waals surface area contributed by atoms with E-state index in [9.17, 15) is 0 Å². The standard InChI is InChI=1S/C46H31N3/c1-46(2)41-18-9-8-15-37(41)38-16-10-17-39(42(38)46)45-48-43(30-12-4-3-5-13-30)47-44(49-45)31-20-19-29-22-24-35-34-23-21-28-11-6-7-14-32(28)33(34)25-26-36(35)40(29)27-31/h3-27H,1-2H3. The van der Waals surface area contributed by atoms with E-state index >= 15 is 0 Å². The van der Waals surface area contributed by atoms with E-state index in [2.05, 4.69) is 147 Å². The zero-order valence-corrected chi connectivity index (χ0v) is 27.3. The fraction of sp³-hybridized carbons (Fsp3) is 0.0652. The first kappa shape index (κ1) is 27.9. The average Bonchev–Trinajstić information content (AvgIpc) is 3.40. The van der Waals surface area contributed by atoms with Crippen LogP contribution in [0.15, 0.2) is 152 Å². The Labute approximate surface area is 284 Å². The Morgan fingerprint density at radius 3 is 1.73 bits per heavy atom. The molecule has 0 fully saturated rings. The van der Waals surface area contributed by atoms with Gasteiger partial charge in [-0.3, -0.25) is 0 Å². The minimum Gasteiger partial charge on any atom is -0.208 e. The molecule has 0 bridgehead atoms. The van der Waals surface area contributed by atoms with Crippen molar-refractivity contribution in [2.24, 2.45) is 0 Å². The summed E-state index contributed by atoms with van der Waals surface area (Å²) in [7, 11) is 0. The number of rotatable bonds is 3. The third-order valence-electron chi connectivity index (χ3n) is 10.5. The summed E-state index contributed by atoms with van der Waals surface area (Å²) >= 11 is 0. The largest absolute Gasteiger partial charge is 0.208 e. The molecule has 3 heteroatoms. The molecule has 0 spiro atoms. The molecule has 0 amide bonds. The van der Waals surface area contributed by atoms with E-state index in [0.29, 0.717) is 17.5 Å². The highest BCUT2D eigenvalue weighted by Gasteiger charge is 2.38. The Kier molecular flexibility index (Phi) is 5.92. The van der Waals surface area contributed by atoms with E-state index in [-0.39, 0.29) is 5.41 Å². The fourth-order valence-corrected chi connectivity index (χ4v) is 8.15. The van der Waals surface area contributed by atoms with E-state index < -0.39 is 0 Å². The summed E-state index contributed by atoms with van der Waals surface area (Å²) < 4.78 is 0. The molecule has 9 aromatic rings. The van der Waals surface area contributed by atoms with Gasteiger partial charge in [-0.05, 0) is 71.4 Å². The number of aromatic nitrogens is 3. The van der Waals surface area contributed by atoms with Gasteiger partial charge in [-0.1, -0.05) is 159 Å². The summed E-state index contributed by atoms with van der Waals surface area (Å²) in [5.74, 6) is 2.03. The molecule has 3 nitrogen and oxygen atoms in total. The predicted octanol–water partition coefficient (Wildman–Crippen LogP) is 11.8. The molecule has 0 N–H and O–H groups in total. The zero-order chi connectivity index (χ0) is 32.7. The third-order valence-corrected chi connectivity index (χ3v) is 10.5. The topological polar surface area (TPSA) is 38.7 Å². The molecule has 8 aromatic carbocycles. The number of hydrogen-bond donors (Lipinski definition) is 0. The van der Waals surface area contributed by atoms with Gasteiger partial charge in [0.1, 0.15) is 0 Å². The summed E-state index contributed by atoms with van der Waals surface area (Å²) in [5.41, 5.74) is 7.90. The second kappa shape index (κ2) is 10.4. The predicted molar refractivity (Wildman–Crippen MR) is 204 cm³/mol. The second-order valence-corrected chi connectivity index (χ2v) is 13.6. The highest BCUT2D eigenvalue weighted by atomic mass is 15.0. The van der Waals surface area contributed by atoms with Crippen molar-refractivity contribution < 1.29 is 0 Å². The lowest BCUT2D eigenvalue weighted by Gasteiger charge is -2.24. The number of fused-ring (bicyclic) bond motifs is 10. The smallest absolute Gasteiger partial charge is 0.164 e. The van der Waals surface area contributed by atoms with Crippen molar-refractivity contribution in [3.63, 3.8) is 0 Å². The highest BCUT2D eigenvalue weighted by molar-refractivity contribution is 6.22. The van der Waals surface area contributed by atoms with Crippen molar-refractivity contribution >= 4 is 43.1 Å². The van der Waals surface area contributed by atoms with Crippen LogP contribution in [0.25, 0.3) is 88.4 Å². The van der Waals surface area contributed by atoms with Gasteiger partial charge in [-0.15, -0.1) is 0 Å². The Bertz CT molecular complexity index is 2800. The zero-order valence-electron chi connectivity index (χ0n) is 27.3. The van der Waals surface area contributed by atoms with Gasteiger partial charge in [0.25, 0.3) is 0 Å². The molecule has 230 valence electrons. The molecule has 0 saturated carbocycles. The van der Waals surface area contributed by atoms with Gasteiger partial charge in [-0.25, -0.2) is 15.0 Å². The maximum absolute atomic E-state index is 5.25. The third kappa shape index (κ3) is 4.19. The van der Waals surface area contributed by atoms with Crippen LogP contribution < -0.4 is 0 Å². The normalized spacial score (nSPS) is 13.3. The first-order chi connectivity index (χ1) is 24.0. The van der Waals surface area contributed by atoms with E-state index in [1.165, 1.54) is 65.3 Å². The van der Waals surface area contributed by atoms with Gasteiger partial charge in [0.2, 0.25) is 0 Å². The highest BCUT2D eigenvalue weighted by Crippen LogP contribution is 2.51. The van der Waals surface area contributed by atoms with Crippen LogP contribution in [-0.2, 0) is 5.41 Å². The number of benzene rings is 8. The van der Waals surface area contributed by atoms with Crippen LogP contribution in [0.3, 0.4) is 0 Å². The quantitative estimate of drug-likeness (QED) is 0.183. The Hall–Kier alpha value is -6.19. The maximum atomic E-state index is 5.25. The first-order valence-corrected chi connectivity index (χ1v) is 16.9. The van der Waals surface area contributed by atoms with Gasteiger partial charge < -0.3 is 0 Å². The van der Waals surface area contributed by atoms with Crippen molar-refractivity contribution in [1.82, 2.24) is 15.0 Å². The molecular formula is C46H31N3. The van der Waals surface area contributed by atoms with Gasteiger partial charge >= 0.3 is 0 Å². The fourth-order valence-electron chi connectivity index (χ4n) is 8.15. The summed E-state index contributed by atoms with van der Waals surface area (Å²) in [6, 6.07) is 54.3. The van der Waals surface area contributed by atoms with Gasteiger partial charge in [-0.2, -0.15) is 0 Å². The molecule has 0 radical (unpaired) electrons. The average molecular weight is 626 g/mol. The lowest BCUT2D eigenvalue weighted by atomic mass is 9.80. The van der Waals surface area contributed by atoms with Crippen molar-refractivity contribution in [3.05, 3.63) is 163 Å². The summed E-state index contributed by atoms with van der Waals surface area (Å²) in [5, 5.41) is 9.92. The summed E-state index contributed by atoms with van der Waals surface area (Å²) in [4.78, 5) is 15.5. The molecule has 10 rings (SSSR count). The van der Waals surface area contributed by atoms with Gasteiger partial charge in [0.15, 0.2) is 17.5 Å². The Morgan fingerprint density at radius 2 is 0.918 bits per heavy atom. The van der Waals surface area contributed by atoms with Gasteiger partial charge in [0, 0.05) is 22.1 Å². The monoisotopic (exact) mass is 625 g/mol. The molecule has 1 aromatic heterocycles. The molecule has 1 aliphatic rings. The van der Waals surface area contributed by atoms with E-state index in [0.717, 1.165) is 16.7 Å². The number of nitrogens with zero attached hydrogens (tertiary/aromatic N) is 3. The van der Waals surface area contributed by atoms with Crippen LogP contribution in [0.5, 0.6) is 0 Å². The minimum atomic E-state index is -0.196. The molecule has 0 aliphatic heterocycles. The Balaban J connectivity index is 1.20. The van der Waals surface area contributed by atoms with Crippen molar-refractivity contribution in [3.8, 4) is 45.3 Å². The molecule has 1 aliphatic carbocycles. The molecule has 1 heterocycles. The molecule has 0 unspecified atom stereocenters. The van der Waals surface area contributed by atoms with Crippen LogP contribution in [0.2, 0.25) is 0 Å². The van der Waals surface area contributed by atoms with E-state index in [1.54, 1.807) is 0 Å². The molecule has 0 atom stereocenters. The lowest BCUT2D eigenvalue weighted by molar-refractivity contribution is 0.661. The van der Waals surface area contributed by atoms with Crippen LogP contribution >= 0.6 is 0 Å². The SMILES string of the molecule is CC1(C)c2ccccc2-c2cccc(-c3nc(-c4ccccc4)nc(-c4ccc5ccc6c(ccc7c8ccccc8ccc76)c5c4)n3)c21. The minimum absolute atomic E-state index is 0.196. The second-order valence-electron chi connectivity index (χ2n) is 13.6. The van der Waals surface area contributed by atoms with Gasteiger partial charge in [0.05, 0.1) is 0 Å². The maximum Gasteiger partial charge on any atom is 0.164 e. The lowest BCUT2D eigenvalue weighted by Crippen LogP contribution is -2.17. The molecule has 49 heavy (non-hydrogen) atoms. The van der Waals surface area contributed by atoms with Crippen LogP contribution in [-0.4, -0.2) is 15.0 Å². The molecular weight excluding hydrogens is 595 g/mol. The van der Waals surface area contributed by atoms with Crippen LogP contribution in [0.1, 0.15) is 25.0 Å². The number of hydrogen-bond acceptors (Lipinski definition) is 3. The van der Waals surface area contributed by atoms with E-state index in [1.807, 2.05) is 18.2 Å². The summed E-state index contributed by atoms with van der Waals surface area (Å²) in [6.07, 6.45) is 0. The van der Waals surface area contributed by atoms with Crippen LogP contribution in [0.4, 0.5) is 0 Å². The van der Waals surface area contributed by atoms with Crippen molar-refractivity contribution in [2.75, 3.05) is 0 Å². The van der Waals surface area contributed by atoms with E-state index in [4.69, 9.17) is 15.0 Å². The van der Waals surface area contributed by atoms with Crippen molar-refractivity contribution in [1.29, 1.82) is 0 Å².